The Bertz CT molecular complexity index is 3730. The normalized spacial score (nSPS) is 28.5. The van der Waals surface area contributed by atoms with Crippen LogP contribution in [0.2, 0.25) is 0 Å². The standard InChI is InChI=1S/C67H63BN2S/c1-38-20-54-56-31-49(67-35-42-25-43(36-67)27-44(26-42)37-67)30-55-53-29-48(66-32-39-22-40(33-66)24-41(23-39)34-66)16-19-58(53)70(61(55)56)68-60(54)59(21-38)69(62-51-17-14-46-12-8-9-13-50(46)63(51)71-64(62)68)57-18-15-47(65(2,3)4)28-52(57)45-10-6-5-7-11-45/h5-21,28-31,39-44H,22-27,32-37H2,1-4H3. The maximum absolute atomic E-state index is 2.91. The molecule has 0 N–H and O–H groups in total. The van der Waals surface area contributed by atoms with Gasteiger partial charge in [-0.15, -0.1) is 11.3 Å². The Morgan fingerprint density at radius 1 is 0.535 bits per heavy atom. The van der Waals surface area contributed by atoms with Crippen molar-refractivity contribution in [3.63, 3.8) is 0 Å². The SMILES string of the molecule is Cc1cc2c3c(c1)N(c1ccc(C(C)(C)C)cc1-c1ccccc1)c1c(sc4c1ccc1ccccc14)B3n1c3ccc(C45CC6CC(CC(C6)C4)C5)cc3c3cc(C45CC6CC(CC(C6)C4)C5)cc-2c31. The molecule has 2 aliphatic heterocycles. The first kappa shape index (κ1) is 41.0. The lowest BCUT2D eigenvalue weighted by Crippen LogP contribution is -2.55. The molecule has 10 aliphatic rings. The van der Waals surface area contributed by atoms with Crippen LogP contribution in [0.1, 0.15) is 120 Å². The van der Waals surface area contributed by atoms with Gasteiger partial charge in [-0.2, -0.15) is 0 Å². The summed E-state index contributed by atoms with van der Waals surface area (Å²) in [5, 5.41) is 7.08. The minimum Gasteiger partial charge on any atom is -0.375 e. The highest BCUT2D eigenvalue weighted by molar-refractivity contribution is 7.32. The lowest BCUT2D eigenvalue weighted by Gasteiger charge is -2.57. The zero-order chi connectivity index (χ0) is 46.9. The number of hydrogen-bond acceptors (Lipinski definition) is 2. The van der Waals surface area contributed by atoms with E-state index in [1.54, 1.807) is 11.1 Å². The second-order valence-corrected chi connectivity index (χ2v) is 27.3. The topological polar surface area (TPSA) is 8.17 Å². The summed E-state index contributed by atoms with van der Waals surface area (Å²) in [4.78, 5) is 2.75. The number of benzene rings is 7. The third kappa shape index (κ3) is 5.56. The second kappa shape index (κ2) is 13.9. The van der Waals surface area contributed by atoms with Crippen LogP contribution in [0.3, 0.4) is 0 Å². The maximum Gasteiger partial charge on any atom is 0.343 e. The predicted molar refractivity (Wildman–Crippen MR) is 301 cm³/mol. The molecule has 7 aromatic carbocycles. The number of rotatable bonds is 4. The summed E-state index contributed by atoms with van der Waals surface area (Å²) in [7, 11) is 0. The van der Waals surface area contributed by atoms with E-state index in [0.29, 0.717) is 5.41 Å². The van der Waals surface area contributed by atoms with Crippen molar-refractivity contribution >= 4 is 88.2 Å². The van der Waals surface area contributed by atoms with Crippen LogP contribution < -0.4 is 15.1 Å². The molecule has 0 atom stereocenters. The number of aryl methyl sites for hydroxylation is 1. The van der Waals surface area contributed by atoms with Crippen LogP contribution >= 0.6 is 11.3 Å². The van der Waals surface area contributed by atoms with Crippen molar-refractivity contribution in [3.8, 4) is 22.3 Å². The van der Waals surface area contributed by atoms with Gasteiger partial charge in [0.15, 0.2) is 0 Å². The Morgan fingerprint density at radius 3 is 1.87 bits per heavy atom. The van der Waals surface area contributed by atoms with Gasteiger partial charge in [0.25, 0.3) is 0 Å². The van der Waals surface area contributed by atoms with E-state index in [9.17, 15) is 0 Å². The van der Waals surface area contributed by atoms with Crippen molar-refractivity contribution < 1.29 is 0 Å². The summed E-state index contributed by atoms with van der Waals surface area (Å²) in [6.45, 7) is 9.50. The average molecular weight is 939 g/mol. The molecule has 4 heteroatoms. The summed E-state index contributed by atoms with van der Waals surface area (Å²) < 4.78 is 5.77. The summed E-state index contributed by atoms with van der Waals surface area (Å²) in [6.07, 6.45) is 17.2. The van der Waals surface area contributed by atoms with Crippen molar-refractivity contribution in [2.75, 3.05) is 4.90 Å². The zero-order valence-electron chi connectivity index (χ0n) is 42.0. The molecule has 8 bridgehead atoms. The van der Waals surface area contributed by atoms with Gasteiger partial charge in [0.1, 0.15) is 0 Å². The molecule has 350 valence electrons. The Hall–Kier alpha value is -5.58. The van der Waals surface area contributed by atoms with Gasteiger partial charge in [0.05, 0.1) is 11.4 Å². The zero-order valence-corrected chi connectivity index (χ0v) is 42.8. The molecule has 2 aromatic heterocycles. The van der Waals surface area contributed by atoms with E-state index in [-0.39, 0.29) is 17.7 Å². The molecule has 4 heterocycles. The van der Waals surface area contributed by atoms with Gasteiger partial charge in [-0.3, -0.25) is 0 Å². The maximum atomic E-state index is 2.91. The molecule has 71 heavy (non-hydrogen) atoms. The Labute approximate surface area is 423 Å². The van der Waals surface area contributed by atoms with Crippen LogP contribution in [0, 0.1) is 42.4 Å². The smallest absolute Gasteiger partial charge is 0.343 e. The minimum absolute atomic E-state index is 0.00519. The van der Waals surface area contributed by atoms with E-state index in [2.05, 4.69) is 176 Å². The molecular formula is C67H63BN2S. The highest BCUT2D eigenvalue weighted by Crippen LogP contribution is 2.64. The molecule has 0 saturated heterocycles. The van der Waals surface area contributed by atoms with Crippen molar-refractivity contribution in [1.82, 2.24) is 4.48 Å². The Balaban J connectivity index is 0.989. The van der Waals surface area contributed by atoms with Gasteiger partial charge in [-0.1, -0.05) is 106 Å². The fraction of sp³-hybridized carbons (Fsp3) is 0.373. The molecule has 8 saturated carbocycles. The van der Waals surface area contributed by atoms with E-state index >= 15 is 0 Å². The van der Waals surface area contributed by atoms with Crippen LogP contribution in [0.25, 0.3) is 64.9 Å². The average Bonchev–Trinajstić information content (AvgIpc) is 3.91. The number of hydrogen-bond donors (Lipinski definition) is 0. The first-order valence-electron chi connectivity index (χ1n) is 27.8. The summed E-state index contributed by atoms with van der Waals surface area (Å²) in [5.41, 5.74) is 20.5. The lowest BCUT2D eigenvalue weighted by molar-refractivity contribution is -0.00527. The number of aromatic nitrogens is 1. The monoisotopic (exact) mass is 938 g/mol. The number of thiophene rings is 1. The van der Waals surface area contributed by atoms with Gasteiger partial charge < -0.3 is 9.38 Å². The Kier molecular flexibility index (Phi) is 8.03. The van der Waals surface area contributed by atoms with Gasteiger partial charge in [-0.25, -0.2) is 0 Å². The van der Waals surface area contributed by atoms with Crippen molar-refractivity contribution in [2.24, 2.45) is 35.5 Å². The quantitative estimate of drug-likeness (QED) is 0.160. The molecule has 2 nitrogen and oxygen atoms in total. The highest BCUT2D eigenvalue weighted by atomic mass is 32.1. The summed E-state index contributed by atoms with van der Waals surface area (Å²) in [5.74, 6) is 5.45. The van der Waals surface area contributed by atoms with Crippen molar-refractivity contribution in [3.05, 3.63) is 150 Å². The van der Waals surface area contributed by atoms with E-state index in [0.717, 1.165) is 35.5 Å². The van der Waals surface area contributed by atoms with Crippen LogP contribution in [0.5, 0.6) is 0 Å². The number of anilines is 3. The van der Waals surface area contributed by atoms with Crippen LogP contribution in [0.4, 0.5) is 17.1 Å². The summed E-state index contributed by atoms with van der Waals surface area (Å²) in [6, 6.07) is 51.5. The second-order valence-electron chi connectivity index (χ2n) is 26.2. The summed E-state index contributed by atoms with van der Waals surface area (Å²) >= 11 is 2.07. The first-order valence-corrected chi connectivity index (χ1v) is 28.6. The number of nitrogens with zero attached hydrogens (tertiary/aromatic N) is 2. The molecule has 0 amide bonds. The largest absolute Gasteiger partial charge is 0.375 e. The molecule has 8 aliphatic carbocycles. The molecule has 19 rings (SSSR count). The minimum atomic E-state index is 0.00519. The van der Waals surface area contributed by atoms with Crippen LogP contribution in [0.15, 0.2) is 127 Å². The van der Waals surface area contributed by atoms with Crippen molar-refractivity contribution in [1.29, 1.82) is 0 Å². The van der Waals surface area contributed by atoms with E-state index < -0.39 is 0 Å². The van der Waals surface area contributed by atoms with Crippen LogP contribution in [-0.4, -0.2) is 11.3 Å². The molecule has 8 fully saturated rings. The molecule has 9 aromatic rings. The third-order valence-electron chi connectivity index (χ3n) is 20.8. The third-order valence-corrected chi connectivity index (χ3v) is 22.1. The van der Waals surface area contributed by atoms with Gasteiger partial charge in [-0.05, 0) is 228 Å². The number of fused-ring (bicyclic) bond motifs is 11. The van der Waals surface area contributed by atoms with Crippen LogP contribution in [-0.2, 0) is 16.2 Å². The molecule has 0 unspecified atom stereocenters. The fourth-order valence-corrected chi connectivity index (χ4v) is 20.2. The lowest BCUT2D eigenvalue weighted by atomic mass is 9.47. The van der Waals surface area contributed by atoms with E-state index in [1.807, 2.05) is 0 Å². The van der Waals surface area contributed by atoms with E-state index in [4.69, 9.17) is 0 Å². The van der Waals surface area contributed by atoms with Gasteiger partial charge in [0, 0.05) is 53.5 Å². The predicted octanol–water partition coefficient (Wildman–Crippen LogP) is 16.8. The van der Waals surface area contributed by atoms with Gasteiger partial charge >= 0.3 is 6.85 Å². The molecule has 0 spiro atoms. The molecule has 0 radical (unpaired) electrons. The van der Waals surface area contributed by atoms with E-state index in [1.165, 1.54) is 180 Å². The molecular weight excluding hydrogens is 876 g/mol. The van der Waals surface area contributed by atoms with Gasteiger partial charge in [0.2, 0.25) is 0 Å². The fourth-order valence-electron chi connectivity index (χ4n) is 18.7. The first-order chi connectivity index (χ1) is 34.5. The highest BCUT2D eigenvalue weighted by Gasteiger charge is 2.54. The van der Waals surface area contributed by atoms with Crippen molar-refractivity contribution in [2.45, 2.75) is 121 Å². The Morgan fingerprint density at radius 2 is 1.18 bits per heavy atom.